The van der Waals surface area contributed by atoms with Gasteiger partial charge in [-0.2, -0.15) is 0 Å². The van der Waals surface area contributed by atoms with E-state index in [-0.39, 0.29) is 17.4 Å². The van der Waals surface area contributed by atoms with Crippen molar-refractivity contribution in [2.45, 2.75) is 13.0 Å². The molecule has 0 aliphatic heterocycles. The number of nitrogens with zero attached hydrogens (tertiary/aromatic N) is 2. The van der Waals surface area contributed by atoms with E-state index in [1.54, 1.807) is 0 Å². The fourth-order valence-electron chi connectivity index (χ4n) is 1.25. The van der Waals surface area contributed by atoms with Gasteiger partial charge in [-0.25, -0.2) is 4.39 Å². The number of halogens is 1. The summed E-state index contributed by atoms with van der Waals surface area (Å²) in [6, 6.07) is 3.58. The maximum absolute atomic E-state index is 13.0. The topological polar surface area (TPSA) is 58.4 Å². The molecule has 6 heteroatoms. The van der Waals surface area contributed by atoms with Crippen molar-refractivity contribution in [2.24, 2.45) is 0 Å². The molecule has 0 fully saturated rings. The van der Waals surface area contributed by atoms with Gasteiger partial charge in [-0.1, -0.05) is 0 Å². The van der Waals surface area contributed by atoms with Crippen LogP contribution in [0.5, 0.6) is 0 Å². The third-order valence-corrected chi connectivity index (χ3v) is 2.62. The Balaban J connectivity index is 2.82. The van der Waals surface area contributed by atoms with E-state index in [1.807, 2.05) is 25.9 Å². The molecule has 0 heterocycles. The number of likely N-dealkylation sites (N-methyl/N-ethyl adjacent to an activating group) is 1. The lowest BCUT2D eigenvalue weighted by Gasteiger charge is -2.20. The van der Waals surface area contributed by atoms with Gasteiger partial charge in [0.15, 0.2) is 0 Å². The second-order valence-corrected chi connectivity index (χ2v) is 4.11. The predicted molar refractivity (Wildman–Crippen MR) is 64.7 cm³/mol. The summed E-state index contributed by atoms with van der Waals surface area (Å²) in [7, 11) is 3.82. The van der Waals surface area contributed by atoms with Crippen LogP contribution in [0.25, 0.3) is 0 Å². The second-order valence-electron chi connectivity index (χ2n) is 4.11. The van der Waals surface area contributed by atoms with E-state index in [4.69, 9.17) is 0 Å². The highest BCUT2D eigenvalue weighted by molar-refractivity contribution is 5.61. The first kappa shape index (κ1) is 13.4. The fraction of sp³-hybridized carbons (Fsp3) is 0.455. The molecule has 0 aliphatic carbocycles. The van der Waals surface area contributed by atoms with E-state index < -0.39 is 10.7 Å². The van der Waals surface area contributed by atoms with Gasteiger partial charge in [0, 0.05) is 24.7 Å². The smallest absolute Gasteiger partial charge is 0.292 e. The van der Waals surface area contributed by atoms with Crippen molar-refractivity contribution in [3.05, 3.63) is 34.1 Å². The van der Waals surface area contributed by atoms with Crippen LogP contribution < -0.4 is 5.32 Å². The van der Waals surface area contributed by atoms with Gasteiger partial charge in [-0.05, 0) is 27.1 Å². The number of rotatable bonds is 5. The molecule has 0 amide bonds. The lowest BCUT2D eigenvalue weighted by atomic mass is 10.2. The summed E-state index contributed by atoms with van der Waals surface area (Å²) in [5.41, 5.74) is 0.0982. The molecular weight excluding hydrogens is 225 g/mol. The van der Waals surface area contributed by atoms with Gasteiger partial charge in [0.05, 0.1) is 4.92 Å². The van der Waals surface area contributed by atoms with Crippen LogP contribution in [-0.2, 0) is 0 Å². The van der Waals surface area contributed by atoms with Crippen molar-refractivity contribution < 1.29 is 9.31 Å². The van der Waals surface area contributed by atoms with Crippen LogP contribution in [0.1, 0.15) is 6.92 Å². The van der Waals surface area contributed by atoms with E-state index >= 15 is 0 Å². The van der Waals surface area contributed by atoms with E-state index in [9.17, 15) is 14.5 Å². The zero-order valence-corrected chi connectivity index (χ0v) is 10.1. The van der Waals surface area contributed by atoms with Crippen molar-refractivity contribution >= 4 is 11.4 Å². The standard InChI is InChI=1S/C11H16FN3O2/c1-8(14(2)3)7-13-10-6-9(12)4-5-11(10)15(16)17/h4-6,8,13H,7H2,1-3H3. The largest absolute Gasteiger partial charge is 0.378 e. The van der Waals surface area contributed by atoms with Gasteiger partial charge < -0.3 is 10.2 Å². The molecule has 0 spiro atoms. The molecule has 0 saturated carbocycles. The highest BCUT2D eigenvalue weighted by atomic mass is 19.1. The Bertz CT molecular complexity index is 410. The van der Waals surface area contributed by atoms with E-state index in [0.717, 1.165) is 18.2 Å². The fourth-order valence-corrected chi connectivity index (χ4v) is 1.25. The molecule has 1 rings (SSSR count). The molecular formula is C11H16FN3O2. The third-order valence-electron chi connectivity index (χ3n) is 2.62. The molecule has 17 heavy (non-hydrogen) atoms. The lowest BCUT2D eigenvalue weighted by Crippen LogP contribution is -2.31. The molecule has 0 aromatic heterocycles. The Hall–Kier alpha value is -1.69. The van der Waals surface area contributed by atoms with E-state index in [2.05, 4.69) is 5.32 Å². The number of benzene rings is 1. The summed E-state index contributed by atoms with van der Waals surface area (Å²) >= 11 is 0. The molecule has 0 saturated heterocycles. The van der Waals surface area contributed by atoms with Crippen molar-refractivity contribution in [3.63, 3.8) is 0 Å². The quantitative estimate of drug-likeness (QED) is 0.633. The molecule has 94 valence electrons. The van der Waals surface area contributed by atoms with E-state index in [1.165, 1.54) is 0 Å². The summed E-state index contributed by atoms with van der Waals surface area (Å²) in [6.45, 7) is 2.48. The Morgan fingerprint density at radius 1 is 1.53 bits per heavy atom. The average molecular weight is 241 g/mol. The van der Waals surface area contributed by atoms with Crippen LogP contribution >= 0.6 is 0 Å². The molecule has 1 atom stereocenters. The number of nitrogens with one attached hydrogen (secondary N) is 1. The second kappa shape index (κ2) is 5.58. The molecule has 5 nitrogen and oxygen atoms in total. The van der Waals surface area contributed by atoms with Gasteiger partial charge in [0.25, 0.3) is 5.69 Å². The summed E-state index contributed by atoms with van der Waals surface area (Å²) in [5.74, 6) is -0.490. The van der Waals surface area contributed by atoms with Crippen molar-refractivity contribution in [2.75, 3.05) is 26.0 Å². The minimum atomic E-state index is -0.526. The zero-order chi connectivity index (χ0) is 13.0. The summed E-state index contributed by atoms with van der Waals surface area (Å²) in [6.07, 6.45) is 0. The molecule has 0 bridgehead atoms. The van der Waals surface area contributed by atoms with Crippen molar-refractivity contribution in [1.82, 2.24) is 4.90 Å². The molecule has 1 N–H and O–H groups in total. The third kappa shape index (κ3) is 3.67. The summed E-state index contributed by atoms with van der Waals surface area (Å²) < 4.78 is 13.0. The van der Waals surface area contributed by atoms with Crippen LogP contribution in [0, 0.1) is 15.9 Å². The van der Waals surface area contributed by atoms with Crippen LogP contribution in [0.4, 0.5) is 15.8 Å². The van der Waals surface area contributed by atoms with Gasteiger partial charge in [0.2, 0.25) is 0 Å². The van der Waals surface area contributed by atoms with Gasteiger partial charge in [-0.3, -0.25) is 10.1 Å². The Kier molecular flexibility index (Phi) is 4.39. The number of hydrogen-bond donors (Lipinski definition) is 1. The first-order valence-electron chi connectivity index (χ1n) is 5.26. The highest BCUT2D eigenvalue weighted by Gasteiger charge is 2.15. The number of nitro benzene ring substituents is 1. The highest BCUT2D eigenvalue weighted by Crippen LogP contribution is 2.24. The lowest BCUT2D eigenvalue weighted by molar-refractivity contribution is -0.384. The van der Waals surface area contributed by atoms with E-state index in [0.29, 0.717) is 6.54 Å². The number of anilines is 1. The minimum absolute atomic E-state index is 0.114. The maximum atomic E-state index is 13.0. The minimum Gasteiger partial charge on any atom is -0.378 e. The normalized spacial score (nSPS) is 12.5. The maximum Gasteiger partial charge on any atom is 0.292 e. The van der Waals surface area contributed by atoms with Crippen molar-refractivity contribution in [1.29, 1.82) is 0 Å². The van der Waals surface area contributed by atoms with Crippen LogP contribution in [0.3, 0.4) is 0 Å². The number of hydrogen-bond acceptors (Lipinski definition) is 4. The van der Waals surface area contributed by atoms with Crippen LogP contribution in [-0.4, -0.2) is 36.5 Å². The van der Waals surface area contributed by atoms with Crippen LogP contribution in [0.15, 0.2) is 18.2 Å². The summed E-state index contributed by atoms with van der Waals surface area (Å²) in [5, 5.41) is 13.6. The SMILES string of the molecule is CC(CNc1cc(F)ccc1[N+](=O)[O-])N(C)C. The van der Waals surface area contributed by atoms with Crippen LogP contribution in [0.2, 0.25) is 0 Å². The Morgan fingerprint density at radius 3 is 2.71 bits per heavy atom. The molecule has 1 aromatic rings. The first-order valence-corrected chi connectivity index (χ1v) is 5.26. The molecule has 0 aliphatic rings. The molecule has 1 aromatic carbocycles. The molecule has 0 radical (unpaired) electrons. The van der Waals surface area contributed by atoms with Gasteiger partial charge in [0.1, 0.15) is 11.5 Å². The Morgan fingerprint density at radius 2 is 2.18 bits per heavy atom. The Labute approximate surface area is 99.4 Å². The molecule has 1 unspecified atom stereocenters. The first-order chi connectivity index (χ1) is 7.91. The van der Waals surface area contributed by atoms with Gasteiger partial charge >= 0.3 is 0 Å². The zero-order valence-electron chi connectivity index (χ0n) is 10.1. The van der Waals surface area contributed by atoms with Crippen molar-refractivity contribution in [3.8, 4) is 0 Å². The van der Waals surface area contributed by atoms with Gasteiger partial charge in [-0.15, -0.1) is 0 Å². The average Bonchev–Trinajstić information content (AvgIpc) is 2.25. The predicted octanol–water partition coefficient (Wildman–Crippen LogP) is 2.10. The number of nitro groups is 1. The summed E-state index contributed by atoms with van der Waals surface area (Å²) in [4.78, 5) is 12.2. The monoisotopic (exact) mass is 241 g/mol.